The molecule has 5 heteroatoms. The van der Waals surface area contributed by atoms with Crippen LogP contribution < -0.4 is 5.32 Å². The highest BCUT2D eigenvalue weighted by atomic mass is 16.3. The van der Waals surface area contributed by atoms with E-state index < -0.39 is 0 Å². The topological polar surface area (TPSA) is 60.1 Å². The Labute approximate surface area is 180 Å². The lowest BCUT2D eigenvalue weighted by Crippen LogP contribution is -2.24. The van der Waals surface area contributed by atoms with Gasteiger partial charge in [0.25, 0.3) is 0 Å². The van der Waals surface area contributed by atoms with Crippen molar-refractivity contribution in [3.63, 3.8) is 0 Å². The number of furan rings is 1. The van der Waals surface area contributed by atoms with Gasteiger partial charge < -0.3 is 14.3 Å². The van der Waals surface area contributed by atoms with Gasteiger partial charge in [-0.25, -0.2) is 4.98 Å². The molecule has 0 bridgehead atoms. The maximum Gasteiger partial charge on any atom is 0.224 e. The van der Waals surface area contributed by atoms with Crippen molar-refractivity contribution >= 4 is 27.9 Å². The molecule has 0 aliphatic carbocycles. The number of carbonyl (C=O) groups excluding carboxylic acids is 1. The molecule has 5 aromatic rings. The first kappa shape index (κ1) is 19.1. The van der Waals surface area contributed by atoms with Crippen molar-refractivity contribution in [3.05, 3.63) is 102 Å². The average Bonchev–Trinajstić information content (AvgIpc) is 3.37. The van der Waals surface area contributed by atoms with Crippen LogP contribution in [0.4, 0.5) is 0 Å². The van der Waals surface area contributed by atoms with Crippen molar-refractivity contribution in [3.8, 4) is 0 Å². The molecule has 2 heterocycles. The van der Waals surface area contributed by atoms with Crippen LogP contribution in [0.2, 0.25) is 0 Å². The molecule has 31 heavy (non-hydrogen) atoms. The number of aromatic nitrogens is 2. The van der Waals surface area contributed by atoms with E-state index in [0.717, 1.165) is 45.2 Å². The highest BCUT2D eigenvalue weighted by Crippen LogP contribution is 2.22. The van der Waals surface area contributed by atoms with Crippen LogP contribution in [0.25, 0.3) is 22.0 Å². The van der Waals surface area contributed by atoms with Crippen LogP contribution >= 0.6 is 0 Å². The van der Waals surface area contributed by atoms with Gasteiger partial charge in [0, 0.05) is 24.0 Å². The van der Waals surface area contributed by atoms with Crippen molar-refractivity contribution < 1.29 is 9.21 Å². The normalized spacial score (nSPS) is 11.3. The zero-order valence-electron chi connectivity index (χ0n) is 17.3. The first-order valence-corrected chi connectivity index (χ1v) is 10.4. The lowest BCUT2D eigenvalue weighted by molar-refractivity contribution is -0.120. The quantitative estimate of drug-likeness (QED) is 0.429. The molecule has 1 amide bonds. The second kappa shape index (κ2) is 8.11. The van der Waals surface area contributed by atoms with Crippen molar-refractivity contribution in [2.45, 2.75) is 26.4 Å². The van der Waals surface area contributed by atoms with Crippen molar-refractivity contribution in [2.24, 2.45) is 0 Å². The Morgan fingerprint density at radius 2 is 1.84 bits per heavy atom. The Morgan fingerprint density at radius 1 is 1.03 bits per heavy atom. The van der Waals surface area contributed by atoms with Crippen molar-refractivity contribution in [2.75, 3.05) is 0 Å². The first-order chi connectivity index (χ1) is 15.2. The van der Waals surface area contributed by atoms with Gasteiger partial charge in [-0.3, -0.25) is 4.79 Å². The van der Waals surface area contributed by atoms with E-state index in [1.54, 1.807) is 6.26 Å². The fraction of sp³-hybridized carbons (Fsp3) is 0.154. The number of fused-ring (bicyclic) bond motifs is 2. The van der Waals surface area contributed by atoms with Gasteiger partial charge in [-0.05, 0) is 41.8 Å². The summed E-state index contributed by atoms with van der Waals surface area (Å²) in [4.78, 5) is 16.9. The Hall–Kier alpha value is -3.86. The second-order valence-corrected chi connectivity index (χ2v) is 7.89. The van der Waals surface area contributed by atoms with Gasteiger partial charge in [0.15, 0.2) is 0 Å². The van der Waals surface area contributed by atoms with Gasteiger partial charge in [-0.2, -0.15) is 0 Å². The molecule has 5 nitrogen and oxygen atoms in total. The zero-order valence-corrected chi connectivity index (χ0v) is 17.3. The lowest BCUT2D eigenvalue weighted by atomic mass is 10.1. The Bertz CT molecular complexity index is 1360. The summed E-state index contributed by atoms with van der Waals surface area (Å²) in [6.07, 6.45) is 3.86. The molecule has 154 valence electrons. The van der Waals surface area contributed by atoms with E-state index in [9.17, 15) is 4.79 Å². The number of hydrogen-bond acceptors (Lipinski definition) is 3. The molecule has 0 aliphatic rings. The maximum atomic E-state index is 12.4. The minimum absolute atomic E-state index is 0.0164. The molecule has 0 unspecified atom stereocenters. The summed E-state index contributed by atoms with van der Waals surface area (Å²) >= 11 is 0. The van der Waals surface area contributed by atoms with Crippen LogP contribution in [-0.2, 0) is 24.3 Å². The van der Waals surface area contributed by atoms with E-state index in [4.69, 9.17) is 4.42 Å². The summed E-state index contributed by atoms with van der Waals surface area (Å²) in [5.74, 6) is -0.0164. The third-order valence-electron chi connectivity index (χ3n) is 5.56. The minimum atomic E-state index is -0.0164. The smallest absolute Gasteiger partial charge is 0.224 e. The van der Waals surface area contributed by atoms with Crippen LogP contribution in [0.1, 0.15) is 22.3 Å². The predicted octanol–water partition coefficient (Wildman–Crippen LogP) is 5.00. The molecule has 5 rings (SSSR count). The zero-order chi connectivity index (χ0) is 21.2. The Kier molecular flexibility index (Phi) is 5.00. The number of benzene rings is 3. The Morgan fingerprint density at radius 3 is 2.71 bits per heavy atom. The number of carbonyl (C=O) groups is 1. The summed E-state index contributed by atoms with van der Waals surface area (Å²) in [5.41, 5.74) is 7.27. The monoisotopic (exact) mass is 409 g/mol. The van der Waals surface area contributed by atoms with E-state index in [0.29, 0.717) is 13.0 Å². The van der Waals surface area contributed by atoms with Crippen LogP contribution in [0.15, 0.2) is 83.7 Å². The summed E-state index contributed by atoms with van der Waals surface area (Å²) in [5, 5.41) is 4.00. The third kappa shape index (κ3) is 4.08. The summed E-state index contributed by atoms with van der Waals surface area (Å²) in [7, 11) is 0. The molecule has 0 saturated heterocycles. The average molecular weight is 409 g/mol. The number of para-hydroxylation sites is 2. The molecule has 1 N–H and O–H groups in total. The van der Waals surface area contributed by atoms with E-state index in [1.165, 1.54) is 5.56 Å². The van der Waals surface area contributed by atoms with E-state index in [1.807, 2.05) is 49.6 Å². The van der Waals surface area contributed by atoms with E-state index >= 15 is 0 Å². The fourth-order valence-electron chi connectivity index (χ4n) is 3.86. The second-order valence-electron chi connectivity index (χ2n) is 7.89. The minimum Gasteiger partial charge on any atom is -0.464 e. The predicted molar refractivity (Wildman–Crippen MR) is 122 cm³/mol. The van der Waals surface area contributed by atoms with Crippen LogP contribution in [0.3, 0.4) is 0 Å². The summed E-state index contributed by atoms with van der Waals surface area (Å²) in [6, 6.07) is 22.5. The molecule has 0 radical (unpaired) electrons. The Balaban J connectivity index is 1.19. The van der Waals surface area contributed by atoms with E-state index in [-0.39, 0.29) is 5.91 Å². The largest absolute Gasteiger partial charge is 0.464 e. The van der Waals surface area contributed by atoms with Gasteiger partial charge >= 0.3 is 0 Å². The molecular formula is C26H23N3O2. The number of nitrogens with one attached hydrogen (secondary N) is 1. The summed E-state index contributed by atoms with van der Waals surface area (Å²) in [6.45, 7) is 3.29. The number of imidazole rings is 1. The number of rotatable bonds is 6. The van der Waals surface area contributed by atoms with Crippen molar-refractivity contribution in [1.29, 1.82) is 0 Å². The highest BCUT2D eigenvalue weighted by molar-refractivity contribution is 5.87. The summed E-state index contributed by atoms with van der Waals surface area (Å²) < 4.78 is 7.73. The molecule has 0 spiro atoms. The number of nitrogens with zero attached hydrogens (tertiary/aromatic N) is 2. The number of amides is 1. The molecule has 0 aliphatic heterocycles. The molecule has 2 aromatic heterocycles. The molecule has 0 atom stereocenters. The van der Waals surface area contributed by atoms with E-state index in [2.05, 4.69) is 45.2 Å². The molecule has 0 saturated carbocycles. The molecule has 0 fully saturated rings. The maximum absolute atomic E-state index is 12.4. The van der Waals surface area contributed by atoms with Gasteiger partial charge in [0.1, 0.15) is 5.58 Å². The fourth-order valence-corrected chi connectivity index (χ4v) is 3.86. The van der Waals surface area contributed by atoms with Gasteiger partial charge in [-0.1, -0.05) is 48.5 Å². The number of aryl methyl sites for hydroxylation is 1. The van der Waals surface area contributed by atoms with Crippen LogP contribution in [0.5, 0.6) is 0 Å². The highest BCUT2D eigenvalue weighted by Gasteiger charge is 2.10. The van der Waals surface area contributed by atoms with Crippen molar-refractivity contribution in [1.82, 2.24) is 14.9 Å². The van der Waals surface area contributed by atoms with Gasteiger partial charge in [0.05, 0.1) is 30.0 Å². The lowest BCUT2D eigenvalue weighted by Gasteiger charge is -2.08. The van der Waals surface area contributed by atoms with Crippen LogP contribution in [-0.4, -0.2) is 15.5 Å². The van der Waals surface area contributed by atoms with Crippen LogP contribution in [0, 0.1) is 6.92 Å². The van der Waals surface area contributed by atoms with Gasteiger partial charge in [-0.15, -0.1) is 0 Å². The molecule has 3 aromatic carbocycles. The van der Waals surface area contributed by atoms with Gasteiger partial charge in [0.2, 0.25) is 5.91 Å². The molecular weight excluding hydrogens is 386 g/mol. The standard InChI is InChI=1S/C26H23N3O2/c1-18-6-11-22-21(16-31-25(22)12-18)13-26(30)27-14-19-7-9-20(10-8-19)15-29-17-28-23-4-2-3-5-24(23)29/h2-12,16-17H,13-15H2,1H3,(H,27,30). The first-order valence-electron chi connectivity index (χ1n) is 10.4. The third-order valence-corrected chi connectivity index (χ3v) is 5.56. The number of hydrogen-bond donors (Lipinski definition) is 1. The SMILES string of the molecule is Cc1ccc2c(CC(=O)NCc3ccc(Cn4cnc5ccccc54)cc3)coc2c1.